The molecule has 1 saturated heterocycles. The van der Waals surface area contributed by atoms with Gasteiger partial charge in [0.25, 0.3) is 10.0 Å². The summed E-state index contributed by atoms with van der Waals surface area (Å²) < 4.78 is 55.9. The van der Waals surface area contributed by atoms with Gasteiger partial charge in [-0.1, -0.05) is 28.2 Å². The molecule has 2 aromatic carbocycles. The Kier molecular flexibility index (Phi) is 8.08. The molecule has 0 radical (unpaired) electrons. The predicted octanol–water partition coefficient (Wildman–Crippen LogP) is 4.78. The van der Waals surface area contributed by atoms with Gasteiger partial charge in [-0.15, -0.1) is 11.3 Å². The molecule has 0 amide bonds. The van der Waals surface area contributed by atoms with Crippen molar-refractivity contribution in [3.63, 3.8) is 0 Å². The van der Waals surface area contributed by atoms with Crippen LogP contribution in [0.25, 0.3) is 0 Å². The quantitative estimate of drug-likeness (QED) is 0.268. The van der Waals surface area contributed by atoms with E-state index < -0.39 is 32.6 Å². The number of hydrogen-bond donors (Lipinski definition) is 1. The molecule has 192 valence electrons. The molecule has 0 bridgehead atoms. The number of nitrogens with zero attached hydrogens (tertiary/aromatic N) is 3. The molecule has 13 heteroatoms. The highest BCUT2D eigenvalue weighted by atomic mass is 35.5. The molecule has 1 N–H and O–H groups in total. The average Bonchev–Trinajstić information content (AvgIpc) is 3.33. The van der Waals surface area contributed by atoms with Gasteiger partial charge in [-0.2, -0.15) is 8.42 Å². The lowest BCUT2D eigenvalue weighted by molar-refractivity contribution is -0.128. The molecule has 1 aromatic heterocycles. The number of halogens is 3. The number of thiazole rings is 1. The SMILES string of the molecule is C[C@H](Nc1cc(F)c(S(=O)(=O)N(OC=O)c2cscn2)cc1Cl)c1cc(CCN2CCC2)ccc1F. The van der Waals surface area contributed by atoms with Crippen molar-refractivity contribution in [1.29, 1.82) is 0 Å². The van der Waals surface area contributed by atoms with Crippen LogP contribution >= 0.6 is 22.9 Å². The Labute approximate surface area is 216 Å². The smallest absolute Gasteiger partial charge is 0.322 e. The Bertz CT molecular complexity index is 1340. The van der Waals surface area contributed by atoms with Crippen LogP contribution in [-0.2, 0) is 26.1 Å². The van der Waals surface area contributed by atoms with Gasteiger partial charge in [-0.05, 0) is 56.6 Å². The van der Waals surface area contributed by atoms with Crippen molar-refractivity contribution in [2.45, 2.75) is 30.7 Å². The molecule has 3 aromatic rings. The zero-order valence-corrected chi connectivity index (χ0v) is 21.5. The lowest BCUT2D eigenvalue weighted by Crippen LogP contribution is -2.38. The highest BCUT2D eigenvalue weighted by Crippen LogP contribution is 2.34. The minimum absolute atomic E-state index is 0.0718. The van der Waals surface area contributed by atoms with Crippen molar-refractivity contribution in [3.05, 3.63) is 69.0 Å². The molecule has 0 aliphatic carbocycles. The summed E-state index contributed by atoms with van der Waals surface area (Å²) in [5, 5.41) is 4.14. The first-order chi connectivity index (χ1) is 17.2. The molecule has 0 spiro atoms. The summed E-state index contributed by atoms with van der Waals surface area (Å²) in [6.45, 7) is 4.62. The van der Waals surface area contributed by atoms with E-state index in [4.69, 9.17) is 11.6 Å². The standard InChI is InChI=1S/C23H23ClF2N4O4S2/c1-15(17-9-16(3-4-19(17)25)5-8-29-6-2-7-29)28-21-11-20(26)22(10-18(21)24)36(32,33)30(34-14-31)23-12-35-13-27-23/h3-4,9-15,28H,2,5-8H2,1H3/t15-/m0/s1. The molecule has 0 unspecified atom stereocenters. The second-order valence-corrected chi connectivity index (χ2v) is 11.1. The zero-order chi connectivity index (χ0) is 25.9. The third-order valence-corrected chi connectivity index (χ3v) is 8.29. The number of likely N-dealkylation sites (tertiary alicyclic amines) is 1. The number of carbonyl (C=O) groups excluding carboxylic acids is 1. The minimum atomic E-state index is -4.69. The fourth-order valence-corrected chi connectivity index (χ4v) is 5.88. The molecule has 1 aliphatic rings. The Morgan fingerprint density at radius 2 is 2.06 bits per heavy atom. The second kappa shape index (κ2) is 11.1. The molecule has 36 heavy (non-hydrogen) atoms. The number of sulfonamides is 1. The first-order valence-electron chi connectivity index (χ1n) is 11.0. The topological polar surface area (TPSA) is 91.8 Å². The monoisotopic (exact) mass is 556 g/mol. The van der Waals surface area contributed by atoms with Crippen LogP contribution in [0.3, 0.4) is 0 Å². The molecule has 0 saturated carbocycles. The predicted molar refractivity (Wildman–Crippen MR) is 134 cm³/mol. The third kappa shape index (κ3) is 5.61. The molecular weight excluding hydrogens is 534 g/mol. The van der Waals surface area contributed by atoms with Crippen molar-refractivity contribution in [2.75, 3.05) is 29.4 Å². The molecule has 1 aliphatic heterocycles. The molecule has 1 atom stereocenters. The second-order valence-electron chi connectivity index (χ2n) is 8.21. The van der Waals surface area contributed by atoms with Crippen LogP contribution in [0.4, 0.5) is 20.3 Å². The van der Waals surface area contributed by atoms with Gasteiger partial charge in [0.2, 0.25) is 0 Å². The maximum atomic E-state index is 15.0. The first-order valence-corrected chi connectivity index (χ1v) is 13.8. The van der Waals surface area contributed by atoms with Crippen LogP contribution in [-0.4, -0.2) is 44.4 Å². The van der Waals surface area contributed by atoms with Crippen molar-refractivity contribution < 1.29 is 26.8 Å². The van der Waals surface area contributed by atoms with Crippen molar-refractivity contribution in [2.24, 2.45) is 0 Å². The number of benzene rings is 2. The minimum Gasteiger partial charge on any atom is -0.377 e. The number of anilines is 2. The molecule has 8 nitrogen and oxygen atoms in total. The summed E-state index contributed by atoms with van der Waals surface area (Å²) in [5.41, 5.74) is 2.74. The third-order valence-electron chi connectivity index (χ3n) is 5.83. The van der Waals surface area contributed by atoms with Gasteiger partial charge in [0, 0.05) is 17.5 Å². The van der Waals surface area contributed by atoms with E-state index in [-0.39, 0.29) is 27.5 Å². The Hall–Kier alpha value is -2.80. The van der Waals surface area contributed by atoms with Gasteiger partial charge in [-0.25, -0.2) is 13.8 Å². The van der Waals surface area contributed by atoms with Gasteiger partial charge in [0.05, 0.1) is 22.3 Å². The largest absolute Gasteiger partial charge is 0.377 e. The molecule has 4 rings (SSSR count). The Morgan fingerprint density at radius 1 is 1.28 bits per heavy atom. The Balaban J connectivity index is 1.56. The lowest BCUT2D eigenvalue weighted by Gasteiger charge is -2.30. The maximum absolute atomic E-state index is 15.0. The first kappa shape index (κ1) is 26.3. The van der Waals surface area contributed by atoms with Gasteiger partial charge in [0.15, 0.2) is 5.82 Å². The maximum Gasteiger partial charge on any atom is 0.322 e. The van der Waals surface area contributed by atoms with E-state index in [2.05, 4.69) is 20.0 Å². The number of nitrogens with one attached hydrogen (secondary N) is 1. The summed E-state index contributed by atoms with van der Waals surface area (Å²) in [6, 6.07) is 6.10. The van der Waals surface area contributed by atoms with E-state index in [0.717, 1.165) is 55.1 Å². The van der Waals surface area contributed by atoms with Crippen LogP contribution in [0.5, 0.6) is 0 Å². The number of hydrogen-bond acceptors (Lipinski definition) is 8. The van der Waals surface area contributed by atoms with E-state index in [0.29, 0.717) is 5.56 Å². The van der Waals surface area contributed by atoms with E-state index in [1.54, 1.807) is 19.1 Å². The van der Waals surface area contributed by atoms with Crippen LogP contribution in [0.1, 0.15) is 30.5 Å². The van der Waals surface area contributed by atoms with Gasteiger partial charge >= 0.3 is 6.47 Å². The molecular formula is C23H23ClF2N4O4S2. The summed E-state index contributed by atoms with van der Waals surface area (Å²) in [7, 11) is -4.69. The summed E-state index contributed by atoms with van der Waals surface area (Å²) in [4.78, 5) is 20.7. The van der Waals surface area contributed by atoms with Gasteiger partial charge in [0.1, 0.15) is 16.5 Å². The highest BCUT2D eigenvalue weighted by molar-refractivity contribution is 7.92. The van der Waals surface area contributed by atoms with E-state index in [9.17, 15) is 17.6 Å². The van der Waals surface area contributed by atoms with E-state index >= 15 is 4.39 Å². The highest BCUT2D eigenvalue weighted by Gasteiger charge is 2.32. The fourth-order valence-electron chi connectivity index (χ4n) is 3.78. The summed E-state index contributed by atoms with van der Waals surface area (Å²) in [6.07, 6.45) is 1.97. The normalized spacial score (nSPS) is 14.7. The molecule has 2 heterocycles. The number of aromatic nitrogens is 1. The molecule has 1 fully saturated rings. The van der Waals surface area contributed by atoms with Gasteiger partial charge < -0.3 is 15.1 Å². The van der Waals surface area contributed by atoms with Gasteiger partial charge in [-0.3, -0.25) is 4.79 Å². The number of carbonyl (C=O) groups is 1. The Morgan fingerprint density at radius 3 is 2.69 bits per heavy atom. The van der Waals surface area contributed by atoms with Crippen LogP contribution in [0.2, 0.25) is 5.02 Å². The average molecular weight is 557 g/mol. The van der Waals surface area contributed by atoms with E-state index in [1.165, 1.54) is 23.4 Å². The van der Waals surface area contributed by atoms with Crippen LogP contribution in [0.15, 0.2) is 46.1 Å². The van der Waals surface area contributed by atoms with Crippen LogP contribution in [0, 0.1) is 11.6 Å². The zero-order valence-electron chi connectivity index (χ0n) is 19.2. The van der Waals surface area contributed by atoms with E-state index in [1.807, 2.05) is 0 Å². The summed E-state index contributed by atoms with van der Waals surface area (Å²) >= 11 is 7.34. The van der Waals surface area contributed by atoms with Crippen molar-refractivity contribution >= 4 is 50.9 Å². The van der Waals surface area contributed by atoms with Crippen LogP contribution < -0.4 is 9.79 Å². The fraction of sp³-hybridized carbons (Fsp3) is 0.304. The van der Waals surface area contributed by atoms with Crippen molar-refractivity contribution in [1.82, 2.24) is 9.88 Å². The lowest BCUT2D eigenvalue weighted by atomic mass is 10.0. The number of rotatable bonds is 11. The van der Waals surface area contributed by atoms with Crippen molar-refractivity contribution in [3.8, 4) is 0 Å². The summed E-state index contributed by atoms with van der Waals surface area (Å²) in [5.74, 6) is -1.79.